The molecule has 3 heteroatoms. The Labute approximate surface area is 131 Å². The van der Waals surface area contributed by atoms with E-state index in [1.54, 1.807) is 0 Å². The molecule has 0 aromatic rings. The van der Waals surface area contributed by atoms with E-state index in [4.69, 9.17) is 5.73 Å². The van der Waals surface area contributed by atoms with Gasteiger partial charge in [0.2, 0.25) is 5.91 Å². The van der Waals surface area contributed by atoms with Gasteiger partial charge in [0.05, 0.1) is 0 Å². The maximum atomic E-state index is 12.0. The van der Waals surface area contributed by atoms with Crippen LogP contribution in [0.15, 0.2) is 0 Å². The van der Waals surface area contributed by atoms with Crippen LogP contribution in [0.25, 0.3) is 0 Å². The Balaban J connectivity index is 2.16. The van der Waals surface area contributed by atoms with Crippen LogP contribution in [0.5, 0.6) is 0 Å². The summed E-state index contributed by atoms with van der Waals surface area (Å²) >= 11 is 0. The Bertz CT molecular complexity index is 283. The zero-order valence-corrected chi connectivity index (χ0v) is 14.4. The number of carbonyl (C=O) groups is 1. The molecule has 0 saturated heterocycles. The Hall–Kier alpha value is -0.570. The molecule has 0 aliphatic heterocycles. The second-order valence-electron chi connectivity index (χ2n) is 7.22. The van der Waals surface area contributed by atoms with Gasteiger partial charge in [-0.25, -0.2) is 0 Å². The van der Waals surface area contributed by atoms with E-state index in [0.717, 1.165) is 31.8 Å². The number of carbonyl (C=O) groups excluding carboxylic acids is 1. The molecule has 0 aromatic heterocycles. The maximum absolute atomic E-state index is 12.0. The van der Waals surface area contributed by atoms with Crippen molar-refractivity contribution < 1.29 is 4.79 Å². The molecule has 0 spiro atoms. The summed E-state index contributed by atoms with van der Waals surface area (Å²) in [6.07, 6.45) is 9.27. The average Bonchev–Trinajstić information content (AvgIpc) is 2.49. The third kappa shape index (κ3) is 7.30. The van der Waals surface area contributed by atoms with Gasteiger partial charge in [0.25, 0.3) is 0 Å². The lowest BCUT2D eigenvalue weighted by atomic mass is 9.81. The molecular formula is C18H36N2O. The molecule has 0 heterocycles. The molecule has 1 aliphatic carbocycles. The molecule has 1 atom stereocenters. The predicted molar refractivity (Wildman–Crippen MR) is 90.0 cm³/mol. The summed E-state index contributed by atoms with van der Waals surface area (Å²) in [4.78, 5) is 12.0. The molecule has 0 radical (unpaired) electrons. The SMILES string of the molecule is CCC1CCC(CNC(=O)CCC(CCN)C(C)C)CC1. The fraction of sp³-hybridized carbons (Fsp3) is 0.944. The number of nitrogens with two attached hydrogens (primary N) is 1. The summed E-state index contributed by atoms with van der Waals surface area (Å²) in [6.45, 7) is 8.36. The van der Waals surface area contributed by atoms with Crippen molar-refractivity contribution in [1.29, 1.82) is 0 Å². The van der Waals surface area contributed by atoms with Gasteiger partial charge >= 0.3 is 0 Å². The van der Waals surface area contributed by atoms with Crippen LogP contribution in [0.1, 0.15) is 72.1 Å². The minimum absolute atomic E-state index is 0.232. The van der Waals surface area contributed by atoms with E-state index in [2.05, 4.69) is 26.1 Å². The van der Waals surface area contributed by atoms with Crippen LogP contribution in [0.3, 0.4) is 0 Å². The van der Waals surface area contributed by atoms with E-state index in [0.29, 0.717) is 24.2 Å². The van der Waals surface area contributed by atoms with Crippen molar-refractivity contribution in [3.05, 3.63) is 0 Å². The van der Waals surface area contributed by atoms with E-state index < -0.39 is 0 Å². The summed E-state index contributed by atoms with van der Waals surface area (Å²) in [5.74, 6) is 3.07. The highest BCUT2D eigenvalue weighted by molar-refractivity contribution is 5.75. The van der Waals surface area contributed by atoms with E-state index in [-0.39, 0.29) is 5.91 Å². The summed E-state index contributed by atoms with van der Waals surface area (Å²) in [6, 6.07) is 0. The molecular weight excluding hydrogens is 260 g/mol. The summed E-state index contributed by atoms with van der Waals surface area (Å²) < 4.78 is 0. The smallest absolute Gasteiger partial charge is 0.220 e. The number of rotatable bonds is 9. The normalized spacial score (nSPS) is 24.0. The zero-order valence-electron chi connectivity index (χ0n) is 14.4. The standard InChI is InChI=1S/C18H36N2O/c1-4-15-5-7-16(8-6-15)13-20-18(21)10-9-17(11-12-19)14(2)3/h14-17H,4-13,19H2,1-3H3,(H,20,21). The highest BCUT2D eigenvalue weighted by Gasteiger charge is 2.20. The fourth-order valence-corrected chi connectivity index (χ4v) is 3.53. The molecule has 1 amide bonds. The molecule has 1 fully saturated rings. The van der Waals surface area contributed by atoms with E-state index in [1.165, 1.54) is 32.1 Å². The lowest BCUT2D eigenvalue weighted by molar-refractivity contribution is -0.121. The minimum atomic E-state index is 0.232. The number of hydrogen-bond acceptors (Lipinski definition) is 2. The van der Waals surface area contributed by atoms with Crippen molar-refractivity contribution in [3.63, 3.8) is 0 Å². The summed E-state index contributed by atoms with van der Waals surface area (Å²) in [5, 5.41) is 3.15. The predicted octanol–water partition coefficient (Wildman–Crippen LogP) is 3.72. The highest BCUT2D eigenvalue weighted by atomic mass is 16.1. The number of hydrogen-bond donors (Lipinski definition) is 2. The Morgan fingerprint density at radius 1 is 1.14 bits per heavy atom. The molecule has 3 nitrogen and oxygen atoms in total. The van der Waals surface area contributed by atoms with Gasteiger partial charge in [-0.1, -0.05) is 40.0 Å². The molecule has 1 unspecified atom stereocenters. The first kappa shape index (κ1) is 18.5. The van der Waals surface area contributed by atoms with Crippen molar-refractivity contribution in [2.75, 3.05) is 13.1 Å². The molecule has 1 rings (SSSR count). The van der Waals surface area contributed by atoms with Crippen LogP contribution in [0, 0.1) is 23.7 Å². The van der Waals surface area contributed by atoms with Crippen LogP contribution in [0.2, 0.25) is 0 Å². The summed E-state index contributed by atoms with van der Waals surface area (Å²) in [5.41, 5.74) is 5.65. The van der Waals surface area contributed by atoms with Gasteiger partial charge in [-0.05, 0) is 55.9 Å². The fourth-order valence-electron chi connectivity index (χ4n) is 3.53. The van der Waals surface area contributed by atoms with Crippen molar-refractivity contribution in [3.8, 4) is 0 Å². The van der Waals surface area contributed by atoms with Gasteiger partial charge in [-0.2, -0.15) is 0 Å². The van der Waals surface area contributed by atoms with Crippen molar-refractivity contribution in [1.82, 2.24) is 5.32 Å². The monoisotopic (exact) mass is 296 g/mol. The summed E-state index contributed by atoms with van der Waals surface area (Å²) in [7, 11) is 0. The highest BCUT2D eigenvalue weighted by Crippen LogP contribution is 2.30. The van der Waals surface area contributed by atoms with Crippen molar-refractivity contribution in [2.24, 2.45) is 29.4 Å². The molecule has 21 heavy (non-hydrogen) atoms. The van der Waals surface area contributed by atoms with Crippen LogP contribution in [-0.4, -0.2) is 19.0 Å². The Morgan fingerprint density at radius 2 is 1.76 bits per heavy atom. The topological polar surface area (TPSA) is 55.1 Å². The van der Waals surface area contributed by atoms with Gasteiger partial charge in [-0.3, -0.25) is 4.79 Å². The second-order valence-corrected chi connectivity index (χ2v) is 7.22. The van der Waals surface area contributed by atoms with Crippen molar-refractivity contribution in [2.45, 2.75) is 72.1 Å². The van der Waals surface area contributed by atoms with Gasteiger partial charge < -0.3 is 11.1 Å². The zero-order chi connectivity index (χ0) is 15.7. The molecule has 0 bridgehead atoms. The third-order valence-corrected chi connectivity index (χ3v) is 5.35. The van der Waals surface area contributed by atoms with Gasteiger partial charge in [-0.15, -0.1) is 0 Å². The molecule has 124 valence electrons. The minimum Gasteiger partial charge on any atom is -0.356 e. The molecule has 1 aliphatic rings. The average molecular weight is 296 g/mol. The first-order chi connectivity index (χ1) is 10.1. The van der Waals surface area contributed by atoms with Crippen LogP contribution in [-0.2, 0) is 4.79 Å². The van der Waals surface area contributed by atoms with Crippen LogP contribution in [0.4, 0.5) is 0 Å². The van der Waals surface area contributed by atoms with E-state index in [9.17, 15) is 4.79 Å². The van der Waals surface area contributed by atoms with Gasteiger partial charge in [0.15, 0.2) is 0 Å². The molecule has 0 aromatic carbocycles. The molecule has 1 saturated carbocycles. The lowest BCUT2D eigenvalue weighted by Gasteiger charge is -2.28. The van der Waals surface area contributed by atoms with Crippen molar-refractivity contribution >= 4 is 5.91 Å². The Kier molecular flexibility index (Phi) is 8.98. The van der Waals surface area contributed by atoms with Crippen LogP contribution < -0.4 is 11.1 Å². The quantitative estimate of drug-likeness (QED) is 0.681. The first-order valence-corrected chi connectivity index (χ1v) is 9.03. The molecule has 3 N–H and O–H groups in total. The number of amides is 1. The number of nitrogens with one attached hydrogen (secondary N) is 1. The maximum Gasteiger partial charge on any atom is 0.220 e. The van der Waals surface area contributed by atoms with Gasteiger partial charge in [0, 0.05) is 13.0 Å². The second kappa shape index (κ2) is 10.2. The first-order valence-electron chi connectivity index (χ1n) is 9.03. The lowest BCUT2D eigenvalue weighted by Crippen LogP contribution is -2.31. The largest absolute Gasteiger partial charge is 0.356 e. The van der Waals surface area contributed by atoms with Gasteiger partial charge in [0.1, 0.15) is 0 Å². The van der Waals surface area contributed by atoms with E-state index >= 15 is 0 Å². The Morgan fingerprint density at radius 3 is 2.29 bits per heavy atom. The van der Waals surface area contributed by atoms with E-state index in [1.807, 2.05) is 0 Å². The van der Waals surface area contributed by atoms with Crippen LogP contribution >= 0.6 is 0 Å². The third-order valence-electron chi connectivity index (χ3n) is 5.35.